The van der Waals surface area contributed by atoms with Crippen LogP contribution >= 0.6 is 0 Å². The average Bonchev–Trinajstić information content (AvgIpc) is 2.89. The van der Waals surface area contributed by atoms with E-state index in [0.29, 0.717) is 11.3 Å². The van der Waals surface area contributed by atoms with Gasteiger partial charge >= 0.3 is 137 Å². The van der Waals surface area contributed by atoms with Gasteiger partial charge in [-0.1, -0.05) is 0 Å². The van der Waals surface area contributed by atoms with E-state index in [1.807, 2.05) is 24.3 Å². The molecule has 8 heteroatoms. The molecule has 0 radical (unpaired) electrons. The quantitative estimate of drug-likeness (QED) is 0.638. The van der Waals surface area contributed by atoms with Gasteiger partial charge in [0.25, 0.3) is 0 Å². The Hall–Kier alpha value is -3.29. The molecule has 0 atom stereocenters. The molecular weight excluding hydrogens is 305 g/mol. The third kappa shape index (κ3) is 2.28. The van der Waals surface area contributed by atoms with E-state index < -0.39 is 0 Å². The van der Waals surface area contributed by atoms with Gasteiger partial charge in [0.05, 0.1) is 0 Å². The molecule has 4 rings (SSSR count). The van der Waals surface area contributed by atoms with Crippen molar-refractivity contribution >= 4 is 35.9 Å². The number of carbonyl (C=O) groups is 1. The molecule has 0 bridgehead atoms. The topological polar surface area (TPSA) is 99.2 Å². The van der Waals surface area contributed by atoms with E-state index in [0.717, 1.165) is 35.0 Å². The first-order valence-corrected chi connectivity index (χ1v) is 7.40. The molecule has 0 aliphatic carbocycles. The summed E-state index contributed by atoms with van der Waals surface area (Å²) in [6.45, 7) is 0. The van der Waals surface area contributed by atoms with Gasteiger partial charge in [-0.25, -0.2) is 0 Å². The van der Waals surface area contributed by atoms with Crippen LogP contribution in [0.4, 0.5) is 5.69 Å². The number of aromatic amines is 1. The van der Waals surface area contributed by atoms with Crippen molar-refractivity contribution in [3.8, 4) is 11.4 Å². The van der Waals surface area contributed by atoms with Gasteiger partial charge in [0.15, 0.2) is 0 Å². The standard InChI is InChI=1S/C16H12BN5O2/c23-16-10-5-9(19-8-17-24)6-13-14(10)11(7-20-22-16)15(21-13)12-3-1-2-4-18-12/h1-7,19,21H,8H2,(H,22,23). The van der Waals surface area contributed by atoms with Gasteiger partial charge < -0.3 is 0 Å². The van der Waals surface area contributed by atoms with Crippen LogP contribution in [0.1, 0.15) is 15.9 Å². The number of pyridine rings is 1. The predicted octanol–water partition coefficient (Wildman–Crippen LogP) is 1.73. The summed E-state index contributed by atoms with van der Waals surface area (Å²) < 4.78 is 10.6. The first-order valence-electron chi connectivity index (χ1n) is 7.40. The van der Waals surface area contributed by atoms with Crippen molar-refractivity contribution in [1.82, 2.24) is 15.4 Å². The Balaban J connectivity index is 1.99. The third-order valence-corrected chi connectivity index (χ3v) is 3.85. The van der Waals surface area contributed by atoms with Crippen molar-refractivity contribution in [3.05, 3.63) is 47.7 Å². The summed E-state index contributed by atoms with van der Waals surface area (Å²) >= 11 is 0. The molecule has 3 heterocycles. The monoisotopic (exact) mass is 317 g/mol. The SMILES string of the molecule is O=BCNc1cc2c3c(c(-c4ccccn4)[nH]c3c1)C=NNC2=O. The number of carbonyl (C=O) groups excluding carboxylic acids is 1. The Morgan fingerprint density at radius 1 is 1.25 bits per heavy atom. The van der Waals surface area contributed by atoms with Crippen LogP contribution in [-0.2, 0) is 4.70 Å². The molecule has 0 saturated heterocycles. The van der Waals surface area contributed by atoms with E-state index in [2.05, 4.69) is 25.8 Å². The van der Waals surface area contributed by atoms with Crippen LogP contribution in [0, 0.1) is 0 Å². The zero-order valence-corrected chi connectivity index (χ0v) is 12.5. The van der Waals surface area contributed by atoms with Crippen molar-refractivity contribution in [2.75, 3.05) is 11.8 Å². The third-order valence-electron chi connectivity index (χ3n) is 3.85. The zero-order chi connectivity index (χ0) is 16.5. The number of hydrogen-bond donors (Lipinski definition) is 3. The van der Waals surface area contributed by atoms with Crippen LogP contribution in [0.15, 0.2) is 41.6 Å². The predicted molar refractivity (Wildman–Crippen MR) is 91.5 cm³/mol. The van der Waals surface area contributed by atoms with Crippen LogP contribution in [0.5, 0.6) is 0 Å². The zero-order valence-electron chi connectivity index (χ0n) is 12.5. The molecule has 1 amide bonds. The molecule has 7 nitrogen and oxygen atoms in total. The van der Waals surface area contributed by atoms with Crippen molar-refractivity contribution in [2.24, 2.45) is 5.10 Å². The molecule has 3 N–H and O–H groups in total. The molecule has 24 heavy (non-hydrogen) atoms. The molecule has 0 spiro atoms. The summed E-state index contributed by atoms with van der Waals surface area (Å²) in [5.74, 6) is -0.295. The number of hydrogen-bond acceptors (Lipinski definition) is 5. The van der Waals surface area contributed by atoms with E-state index in [1.54, 1.807) is 18.5 Å². The van der Waals surface area contributed by atoms with Crippen LogP contribution < -0.4 is 10.7 Å². The molecule has 1 aliphatic rings. The number of hydrazone groups is 1. The number of nitrogens with zero attached hydrogens (tertiary/aromatic N) is 2. The molecule has 0 unspecified atom stereocenters. The van der Waals surface area contributed by atoms with E-state index in [4.69, 9.17) is 0 Å². The van der Waals surface area contributed by atoms with Crippen LogP contribution in [0.3, 0.4) is 0 Å². The maximum absolute atomic E-state index is 12.3. The van der Waals surface area contributed by atoms with Gasteiger partial charge in [0, 0.05) is 0 Å². The van der Waals surface area contributed by atoms with Gasteiger partial charge in [-0.3, -0.25) is 0 Å². The molecule has 1 aromatic carbocycles. The number of anilines is 1. The van der Waals surface area contributed by atoms with E-state index in [9.17, 15) is 9.50 Å². The number of benzene rings is 1. The molecule has 2 aromatic heterocycles. The number of nitrogens with one attached hydrogen (secondary N) is 3. The van der Waals surface area contributed by atoms with Crippen molar-refractivity contribution in [3.63, 3.8) is 0 Å². The second-order valence-corrected chi connectivity index (χ2v) is 5.32. The molecule has 116 valence electrons. The second kappa shape index (κ2) is 5.73. The van der Waals surface area contributed by atoms with E-state index in [-0.39, 0.29) is 12.4 Å². The average molecular weight is 317 g/mol. The van der Waals surface area contributed by atoms with Gasteiger partial charge in [-0.15, -0.1) is 0 Å². The Morgan fingerprint density at radius 2 is 2.17 bits per heavy atom. The van der Waals surface area contributed by atoms with Crippen LogP contribution in [0.2, 0.25) is 0 Å². The van der Waals surface area contributed by atoms with Gasteiger partial charge in [-0.2, -0.15) is 0 Å². The fraction of sp³-hybridized carbons (Fsp3) is 0.0625. The summed E-state index contributed by atoms with van der Waals surface area (Å²) in [6, 6.07) is 9.21. The first kappa shape index (κ1) is 14.3. The summed E-state index contributed by atoms with van der Waals surface area (Å²) in [4.78, 5) is 20.0. The Morgan fingerprint density at radius 3 is 2.96 bits per heavy atom. The second-order valence-electron chi connectivity index (χ2n) is 5.32. The normalized spacial score (nSPS) is 12.6. The molecule has 1 aliphatic heterocycles. The van der Waals surface area contributed by atoms with Crippen LogP contribution in [-0.4, -0.2) is 35.7 Å². The maximum atomic E-state index is 12.3. The minimum atomic E-state index is -0.295. The van der Waals surface area contributed by atoms with Gasteiger partial charge in [-0.05, 0) is 0 Å². The minimum absolute atomic E-state index is 0.170. The van der Waals surface area contributed by atoms with E-state index in [1.165, 1.54) is 0 Å². The number of H-pyrrole nitrogens is 1. The summed E-state index contributed by atoms with van der Waals surface area (Å²) in [5.41, 5.74) is 6.81. The molecule has 0 fully saturated rings. The fourth-order valence-corrected chi connectivity index (χ4v) is 2.86. The Kier molecular flexibility index (Phi) is 3.42. The van der Waals surface area contributed by atoms with Crippen LogP contribution in [0.25, 0.3) is 22.3 Å². The Labute approximate surface area is 137 Å². The van der Waals surface area contributed by atoms with Crippen molar-refractivity contribution in [1.29, 1.82) is 0 Å². The summed E-state index contributed by atoms with van der Waals surface area (Å²) in [5, 5.41) is 7.75. The van der Waals surface area contributed by atoms with Gasteiger partial charge in [0.1, 0.15) is 0 Å². The Bertz CT molecular complexity index is 981. The fourth-order valence-electron chi connectivity index (χ4n) is 2.86. The van der Waals surface area contributed by atoms with Crippen molar-refractivity contribution < 1.29 is 9.50 Å². The summed E-state index contributed by atoms with van der Waals surface area (Å²) in [6.07, 6.45) is 3.50. The number of amides is 1. The molecule has 3 aromatic rings. The van der Waals surface area contributed by atoms with Crippen molar-refractivity contribution in [2.45, 2.75) is 0 Å². The van der Waals surface area contributed by atoms with E-state index >= 15 is 0 Å². The number of aromatic nitrogens is 2. The molecule has 0 saturated carbocycles. The summed E-state index contributed by atoms with van der Waals surface area (Å²) in [7, 11) is 0.768. The van der Waals surface area contributed by atoms with Gasteiger partial charge in [0.2, 0.25) is 0 Å². The molecular formula is C16H12BN5O2. The first-order chi connectivity index (χ1) is 11.8. The number of rotatable bonds is 4.